The molecule has 2 fully saturated rings. The first-order valence-electron chi connectivity index (χ1n) is 9.60. The van der Waals surface area contributed by atoms with E-state index in [0.29, 0.717) is 0 Å². The first kappa shape index (κ1) is 18.9. The molecule has 2 heterocycles. The van der Waals surface area contributed by atoms with Gasteiger partial charge in [-0.15, -0.1) is 0 Å². The molecule has 0 saturated carbocycles. The quantitative estimate of drug-likeness (QED) is 0.630. The van der Waals surface area contributed by atoms with E-state index in [-0.39, 0.29) is 5.82 Å². The van der Waals surface area contributed by atoms with Crippen LogP contribution in [0, 0.1) is 5.82 Å². The van der Waals surface area contributed by atoms with Crippen molar-refractivity contribution in [3.8, 4) is 0 Å². The molecule has 1 N–H and O–H groups in total. The Hall–Kier alpha value is -1.86. The second-order valence-corrected chi connectivity index (χ2v) is 6.64. The van der Waals surface area contributed by atoms with Gasteiger partial charge in [0.2, 0.25) is 0 Å². The van der Waals surface area contributed by atoms with Gasteiger partial charge >= 0.3 is 0 Å². The van der Waals surface area contributed by atoms with Gasteiger partial charge in [0.25, 0.3) is 0 Å². The summed E-state index contributed by atoms with van der Waals surface area (Å²) in [5.41, 5.74) is 1.08. The Kier molecular flexibility index (Phi) is 7.08. The number of ether oxygens (including phenoxy) is 1. The fourth-order valence-corrected chi connectivity index (χ4v) is 3.38. The van der Waals surface area contributed by atoms with Crippen LogP contribution in [0.2, 0.25) is 0 Å². The van der Waals surface area contributed by atoms with Crippen LogP contribution in [-0.2, 0) is 4.74 Å². The number of piperazine rings is 1. The van der Waals surface area contributed by atoms with E-state index in [1.807, 2.05) is 12.1 Å². The minimum atomic E-state index is -0.186. The third-order valence-electron chi connectivity index (χ3n) is 4.89. The van der Waals surface area contributed by atoms with E-state index >= 15 is 0 Å². The number of nitrogens with one attached hydrogen (secondary N) is 1. The summed E-state index contributed by atoms with van der Waals surface area (Å²) in [7, 11) is 0. The van der Waals surface area contributed by atoms with E-state index < -0.39 is 0 Å². The molecule has 7 heteroatoms. The summed E-state index contributed by atoms with van der Waals surface area (Å²) in [6.07, 6.45) is 0. The smallest absolute Gasteiger partial charge is 0.194 e. The molecule has 0 unspecified atom stereocenters. The summed E-state index contributed by atoms with van der Waals surface area (Å²) < 4.78 is 18.5. The second kappa shape index (κ2) is 9.73. The van der Waals surface area contributed by atoms with Crippen LogP contribution in [0.1, 0.15) is 6.92 Å². The van der Waals surface area contributed by atoms with E-state index in [4.69, 9.17) is 9.73 Å². The molecule has 0 atom stereocenters. The molecule has 26 heavy (non-hydrogen) atoms. The summed E-state index contributed by atoms with van der Waals surface area (Å²) in [4.78, 5) is 11.8. The molecular formula is C19H30FN5O. The summed E-state index contributed by atoms with van der Waals surface area (Å²) in [6.45, 7) is 12.1. The van der Waals surface area contributed by atoms with E-state index in [9.17, 15) is 4.39 Å². The molecule has 2 saturated heterocycles. The lowest BCUT2D eigenvalue weighted by Crippen LogP contribution is -2.52. The number of morpholine rings is 1. The molecule has 0 aliphatic carbocycles. The van der Waals surface area contributed by atoms with Gasteiger partial charge in [-0.3, -0.25) is 9.89 Å². The van der Waals surface area contributed by atoms with Crippen LogP contribution in [0.5, 0.6) is 0 Å². The maximum Gasteiger partial charge on any atom is 0.194 e. The fourth-order valence-electron chi connectivity index (χ4n) is 3.38. The minimum absolute atomic E-state index is 0.186. The highest BCUT2D eigenvalue weighted by atomic mass is 19.1. The van der Waals surface area contributed by atoms with Crippen molar-refractivity contribution in [2.24, 2.45) is 4.99 Å². The largest absolute Gasteiger partial charge is 0.379 e. The molecule has 1 aromatic carbocycles. The molecule has 6 nitrogen and oxygen atoms in total. The molecule has 0 amide bonds. The van der Waals surface area contributed by atoms with Gasteiger partial charge in [-0.25, -0.2) is 4.39 Å². The van der Waals surface area contributed by atoms with Crippen LogP contribution in [-0.4, -0.2) is 87.9 Å². The average molecular weight is 363 g/mol. The van der Waals surface area contributed by atoms with Crippen molar-refractivity contribution in [2.75, 3.05) is 77.0 Å². The fraction of sp³-hybridized carbons (Fsp3) is 0.632. The predicted molar refractivity (Wildman–Crippen MR) is 103 cm³/mol. The first-order valence-corrected chi connectivity index (χ1v) is 9.60. The molecule has 2 aliphatic heterocycles. The third-order valence-corrected chi connectivity index (χ3v) is 4.89. The normalized spacial score (nSPS) is 19.7. The van der Waals surface area contributed by atoms with Gasteiger partial charge in [0, 0.05) is 58.0 Å². The number of rotatable bonds is 5. The zero-order chi connectivity index (χ0) is 18.2. The maximum atomic E-state index is 13.1. The molecule has 0 aromatic heterocycles. The lowest BCUT2D eigenvalue weighted by molar-refractivity contribution is 0.0394. The first-order chi connectivity index (χ1) is 12.8. The van der Waals surface area contributed by atoms with Crippen molar-refractivity contribution in [2.45, 2.75) is 6.92 Å². The Morgan fingerprint density at radius 3 is 2.42 bits per heavy atom. The number of hydrogen-bond donors (Lipinski definition) is 1. The Bertz CT molecular complexity index is 566. The van der Waals surface area contributed by atoms with Crippen molar-refractivity contribution in [1.29, 1.82) is 0 Å². The number of guanidine groups is 1. The molecule has 0 spiro atoms. The van der Waals surface area contributed by atoms with Gasteiger partial charge in [0.1, 0.15) is 5.82 Å². The van der Waals surface area contributed by atoms with E-state index in [1.165, 1.54) is 12.1 Å². The van der Waals surface area contributed by atoms with Gasteiger partial charge < -0.3 is 19.9 Å². The lowest BCUT2D eigenvalue weighted by atomic mass is 10.2. The summed E-state index contributed by atoms with van der Waals surface area (Å²) in [6, 6.07) is 6.76. The molecule has 3 rings (SSSR count). The molecule has 1 aromatic rings. The molecule has 2 aliphatic rings. The highest BCUT2D eigenvalue weighted by molar-refractivity contribution is 5.80. The Labute approximate surface area is 155 Å². The molecule has 0 radical (unpaired) electrons. The number of aliphatic imine (C=N–C) groups is 1. The van der Waals surface area contributed by atoms with Gasteiger partial charge in [-0.1, -0.05) is 0 Å². The van der Waals surface area contributed by atoms with Crippen LogP contribution >= 0.6 is 0 Å². The zero-order valence-electron chi connectivity index (χ0n) is 15.7. The highest BCUT2D eigenvalue weighted by Gasteiger charge is 2.20. The van der Waals surface area contributed by atoms with Crippen molar-refractivity contribution in [3.05, 3.63) is 30.1 Å². The number of halogens is 1. The van der Waals surface area contributed by atoms with Crippen molar-refractivity contribution in [1.82, 2.24) is 15.1 Å². The number of benzene rings is 1. The second-order valence-electron chi connectivity index (χ2n) is 6.64. The zero-order valence-corrected chi connectivity index (χ0v) is 15.7. The maximum absolute atomic E-state index is 13.1. The average Bonchev–Trinajstić information content (AvgIpc) is 2.69. The van der Waals surface area contributed by atoms with Crippen LogP contribution in [0.4, 0.5) is 10.1 Å². The SMILES string of the molecule is CCNC(=NCCN1CCOCC1)N1CCN(c2ccc(F)cc2)CC1. The topological polar surface area (TPSA) is 43.3 Å². The number of nitrogens with zero attached hydrogens (tertiary/aromatic N) is 4. The Morgan fingerprint density at radius 1 is 1.08 bits per heavy atom. The minimum Gasteiger partial charge on any atom is -0.379 e. The van der Waals surface area contributed by atoms with Gasteiger partial charge in [-0.05, 0) is 31.2 Å². The van der Waals surface area contributed by atoms with E-state index in [2.05, 4.69) is 26.9 Å². The van der Waals surface area contributed by atoms with Crippen molar-refractivity contribution < 1.29 is 9.13 Å². The lowest BCUT2D eigenvalue weighted by Gasteiger charge is -2.37. The number of hydrogen-bond acceptors (Lipinski definition) is 4. The van der Waals surface area contributed by atoms with E-state index in [1.54, 1.807) is 0 Å². The predicted octanol–water partition coefficient (Wildman–Crippen LogP) is 1.25. The van der Waals surface area contributed by atoms with Crippen molar-refractivity contribution >= 4 is 11.6 Å². The number of anilines is 1. The van der Waals surface area contributed by atoms with Gasteiger partial charge in [0.05, 0.1) is 19.8 Å². The van der Waals surface area contributed by atoms with Crippen molar-refractivity contribution in [3.63, 3.8) is 0 Å². The summed E-state index contributed by atoms with van der Waals surface area (Å²) in [5, 5.41) is 3.42. The summed E-state index contributed by atoms with van der Waals surface area (Å²) in [5.74, 6) is 0.814. The van der Waals surface area contributed by atoms with Crippen LogP contribution < -0.4 is 10.2 Å². The Balaban J connectivity index is 1.50. The van der Waals surface area contributed by atoms with E-state index in [0.717, 1.165) is 83.8 Å². The third kappa shape index (κ3) is 5.32. The van der Waals surface area contributed by atoms with Crippen LogP contribution in [0.15, 0.2) is 29.3 Å². The van der Waals surface area contributed by atoms with Gasteiger partial charge in [0.15, 0.2) is 5.96 Å². The standard InChI is InChI=1S/C19H30FN5O/c1-2-21-19(22-7-8-23-13-15-26-16-14-23)25-11-9-24(10-12-25)18-5-3-17(20)4-6-18/h3-6H,2,7-16H2,1H3,(H,21,22). The molecule has 0 bridgehead atoms. The summed E-state index contributed by atoms with van der Waals surface area (Å²) >= 11 is 0. The van der Waals surface area contributed by atoms with Gasteiger partial charge in [-0.2, -0.15) is 0 Å². The van der Waals surface area contributed by atoms with Crippen LogP contribution in [0.3, 0.4) is 0 Å². The van der Waals surface area contributed by atoms with Crippen LogP contribution in [0.25, 0.3) is 0 Å². The monoisotopic (exact) mass is 363 g/mol. The molecule has 144 valence electrons. The highest BCUT2D eigenvalue weighted by Crippen LogP contribution is 2.17. The Morgan fingerprint density at radius 2 is 1.77 bits per heavy atom. The molecular weight excluding hydrogens is 333 g/mol.